The monoisotopic (exact) mass is 225 g/mol. The summed E-state index contributed by atoms with van der Waals surface area (Å²) in [5, 5.41) is 2.53. The van der Waals surface area contributed by atoms with E-state index >= 15 is 0 Å². The lowest BCUT2D eigenvalue weighted by Gasteiger charge is -2.08. The third-order valence-electron chi connectivity index (χ3n) is 2.25. The van der Waals surface area contributed by atoms with Gasteiger partial charge in [0, 0.05) is 6.42 Å². The van der Waals surface area contributed by atoms with Crippen LogP contribution in [0.5, 0.6) is 0 Å². The first-order valence-electron chi connectivity index (χ1n) is 5.24. The number of anilines is 1. The summed E-state index contributed by atoms with van der Waals surface area (Å²) in [7, 11) is 0. The maximum absolute atomic E-state index is 12.7. The van der Waals surface area contributed by atoms with E-state index in [0.717, 1.165) is 6.42 Å². The van der Waals surface area contributed by atoms with Crippen molar-refractivity contribution in [1.29, 1.82) is 0 Å². The van der Waals surface area contributed by atoms with E-state index in [1.54, 1.807) is 6.07 Å². The van der Waals surface area contributed by atoms with Gasteiger partial charge in [-0.2, -0.15) is 4.39 Å². The van der Waals surface area contributed by atoms with E-state index < -0.39 is 5.95 Å². The van der Waals surface area contributed by atoms with Gasteiger partial charge in [0.2, 0.25) is 11.9 Å². The van der Waals surface area contributed by atoms with Gasteiger partial charge in [0.15, 0.2) is 0 Å². The average Bonchev–Trinajstić information content (AvgIpc) is 2.26. The quantitative estimate of drug-likeness (QED) is 0.747. The molecule has 5 heteroatoms. The molecule has 0 saturated carbocycles. The molecule has 1 unspecified atom stereocenters. The van der Waals surface area contributed by atoms with Crippen molar-refractivity contribution < 1.29 is 9.18 Å². The summed E-state index contributed by atoms with van der Waals surface area (Å²) in [6, 6.07) is 4.28. The molecule has 1 aromatic heterocycles. The number of rotatable bonds is 5. The maximum Gasteiger partial charge on any atom is 0.225 e. The number of nitrogens with one attached hydrogen (secondary N) is 1. The lowest BCUT2D eigenvalue weighted by molar-refractivity contribution is -0.116. The number of hydrogen-bond acceptors (Lipinski definition) is 3. The number of amides is 1. The fourth-order valence-electron chi connectivity index (χ4n) is 1.18. The summed E-state index contributed by atoms with van der Waals surface area (Å²) in [5.74, 6) is -0.219. The standard InChI is InChI=1S/C11H16FN3O/c1-8(7-13)5-6-11(16)15-10-4-2-3-9(12)14-10/h2-4,8H,5-7,13H2,1H3,(H,14,15,16). The van der Waals surface area contributed by atoms with E-state index in [0.29, 0.717) is 18.9 Å². The molecular formula is C11H16FN3O. The van der Waals surface area contributed by atoms with Crippen LogP contribution in [-0.4, -0.2) is 17.4 Å². The number of nitrogens with zero attached hydrogens (tertiary/aromatic N) is 1. The summed E-state index contributed by atoms with van der Waals surface area (Å²) in [6.45, 7) is 2.54. The summed E-state index contributed by atoms with van der Waals surface area (Å²) < 4.78 is 12.7. The molecule has 1 heterocycles. The molecule has 1 rings (SSSR count). The first kappa shape index (κ1) is 12.6. The van der Waals surface area contributed by atoms with E-state index in [9.17, 15) is 9.18 Å². The zero-order chi connectivity index (χ0) is 12.0. The molecule has 1 amide bonds. The predicted molar refractivity (Wildman–Crippen MR) is 60.3 cm³/mol. The Morgan fingerprint density at radius 2 is 2.38 bits per heavy atom. The predicted octanol–water partition coefficient (Wildman–Crippen LogP) is 1.53. The molecule has 16 heavy (non-hydrogen) atoms. The number of carbonyl (C=O) groups excluding carboxylic acids is 1. The lowest BCUT2D eigenvalue weighted by Crippen LogP contribution is -2.17. The number of halogens is 1. The molecular weight excluding hydrogens is 209 g/mol. The molecule has 4 nitrogen and oxygen atoms in total. The van der Waals surface area contributed by atoms with Crippen LogP contribution in [0.2, 0.25) is 0 Å². The third-order valence-corrected chi connectivity index (χ3v) is 2.25. The van der Waals surface area contributed by atoms with Gasteiger partial charge in [0.25, 0.3) is 0 Å². The van der Waals surface area contributed by atoms with Crippen molar-refractivity contribution in [3.05, 3.63) is 24.1 Å². The normalized spacial score (nSPS) is 12.2. The second kappa shape index (κ2) is 6.17. The van der Waals surface area contributed by atoms with Crippen LogP contribution >= 0.6 is 0 Å². The Hall–Kier alpha value is -1.49. The molecule has 88 valence electrons. The number of carbonyl (C=O) groups is 1. The largest absolute Gasteiger partial charge is 0.330 e. The minimum absolute atomic E-state index is 0.168. The molecule has 1 aromatic rings. The van der Waals surface area contributed by atoms with Crippen LogP contribution in [0.15, 0.2) is 18.2 Å². The molecule has 0 bridgehead atoms. The van der Waals surface area contributed by atoms with Gasteiger partial charge in [-0.05, 0) is 31.0 Å². The molecule has 0 aliphatic carbocycles. The Morgan fingerprint density at radius 1 is 1.62 bits per heavy atom. The van der Waals surface area contributed by atoms with Crippen LogP contribution in [0.1, 0.15) is 19.8 Å². The van der Waals surface area contributed by atoms with Crippen molar-refractivity contribution in [3.8, 4) is 0 Å². The Kier molecular flexibility index (Phi) is 4.85. The van der Waals surface area contributed by atoms with E-state index in [1.807, 2.05) is 6.92 Å². The van der Waals surface area contributed by atoms with Crippen LogP contribution in [0, 0.1) is 11.9 Å². The van der Waals surface area contributed by atoms with Crippen molar-refractivity contribution in [1.82, 2.24) is 4.98 Å². The summed E-state index contributed by atoms with van der Waals surface area (Å²) in [5.41, 5.74) is 5.44. The summed E-state index contributed by atoms with van der Waals surface area (Å²) >= 11 is 0. The number of pyridine rings is 1. The van der Waals surface area contributed by atoms with Crippen molar-refractivity contribution in [3.63, 3.8) is 0 Å². The van der Waals surface area contributed by atoms with E-state index in [-0.39, 0.29) is 11.7 Å². The van der Waals surface area contributed by atoms with Crippen LogP contribution in [0.3, 0.4) is 0 Å². The van der Waals surface area contributed by atoms with Gasteiger partial charge < -0.3 is 11.1 Å². The fraction of sp³-hybridized carbons (Fsp3) is 0.455. The van der Waals surface area contributed by atoms with Crippen molar-refractivity contribution in [2.75, 3.05) is 11.9 Å². The summed E-state index contributed by atoms with van der Waals surface area (Å²) in [4.78, 5) is 15.0. The first-order chi connectivity index (χ1) is 7.61. The van der Waals surface area contributed by atoms with Gasteiger partial charge in [-0.3, -0.25) is 4.79 Å². The van der Waals surface area contributed by atoms with Gasteiger partial charge in [-0.1, -0.05) is 13.0 Å². The van der Waals surface area contributed by atoms with Crippen LogP contribution in [0.25, 0.3) is 0 Å². The molecule has 0 radical (unpaired) electrons. The molecule has 0 saturated heterocycles. The van der Waals surface area contributed by atoms with Gasteiger partial charge >= 0.3 is 0 Å². The maximum atomic E-state index is 12.7. The van der Waals surface area contributed by atoms with E-state index in [2.05, 4.69) is 10.3 Å². The Bertz CT molecular complexity index is 357. The average molecular weight is 225 g/mol. The number of hydrogen-bond donors (Lipinski definition) is 2. The van der Waals surface area contributed by atoms with Gasteiger partial charge in [-0.25, -0.2) is 4.98 Å². The van der Waals surface area contributed by atoms with Crippen LogP contribution < -0.4 is 11.1 Å². The van der Waals surface area contributed by atoms with Gasteiger partial charge in [-0.15, -0.1) is 0 Å². The fourth-order valence-corrected chi connectivity index (χ4v) is 1.18. The SMILES string of the molecule is CC(CN)CCC(=O)Nc1cccc(F)n1. The topological polar surface area (TPSA) is 68.0 Å². The summed E-state index contributed by atoms with van der Waals surface area (Å²) in [6.07, 6.45) is 1.09. The lowest BCUT2D eigenvalue weighted by atomic mass is 10.1. The van der Waals surface area contributed by atoms with Gasteiger partial charge in [0.1, 0.15) is 5.82 Å². The first-order valence-corrected chi connectivity index (χ1v) is 5.24. The zero-order valence-electron chi connectivity index (χ0n) is 9.24. The molecule has 0 aromatic carbocycles. The highest BCUT2D eigenvalue weighted by Crippen LogP contribution is 2.07. The molecule has 0 fully saturated rings. The molecule has 0 aliphatic rings. The highest BCUT2D eigenvalue weighted by atomic mass is 19.1. The Morgan fingerprint density at radius 3 is 3.00 bits per heavy atom. The van der Waals surface area contributed by atoms with Crippen molar-refractivity contribution in [2.45, 2.75) is 19.8 Å². The van der Waals surface area contributed by atoms with E-state index in [1.165, 1.54) is 12.1 Å². The smallest absolute Gasteiger partial charge is 0.225 e. The molecule has 3 N–H and O–H groups in total. The second-order valence-electron chi connectivity index (χ2n) is 3.77. The van der Waals surface area contributed by atoms with Crippen molar-refractivity contribution >= 4 is 11.7 Å². The molecule has 1 atom stereocenters. The van der Waals surface area contributed by atoms with Gasteiger partial charge in [0.05, 0.1) is 0 Å². The second-order valence-corrected chi connectivity index (χ2v) is 3.77. The Balaban J connectivity index is 2.40. The zero-order valence-corrected chi connectivity index (χ0v) is 9.24. The molecule has 0 aliphatic heterocycles. The number of aromatic nitrogens is 1. The third kappa shape index (κ3) is 4.35. The highest BCUT2D eigenvalue weighted by Gasteiger charge is 2.06. The Labute approximate surface area is 94.1 Å². The van der Waals surface area contributed by atoms with Crippen LogP contribution in [0.4, 0.5) is 10.2 Å². The van der Waals surface area contributed by atoms with Crippen LogP contribution in [-0.2, 0) is 4.79 Å². The molecule has 0 spiro atoms. The highest BCUT2D eigenvalue weighted by molar-refractivity contribution is 5.89. The van der Waals surface area contributed by atoms with Crippen molar-refractivity contribution in [2.24, 2.45) is 11.7 Å². The minimum Gasteiger partial charge on any atom is -0.330 e. The minimum atomic E-state index is -0.604. The number of nitrogens with two attached hydrogens (primary N) is 1. The van der Waals surface area contributed by atoms with E-state index in [4.69, 9.17) is 5.73 Å².